The molecule has 1 aliphatic carbocycles. The lowest BCUT2D eigenvalue weighted by atomic mass is 9.70. The number of allylic oxidation sites excluding steroid dienone is 3. The second-order valence-electron chi connectivity index (χ2n) is 14.8. The molecule has 0 spiro atoms. The Hall–Kier alpha value is -3.69. The molecule has 47 heavy (non-hydrogen) atoms. The molecule has 5 atom stereocenters. The highest BCUT2D eigenvalue weighted by molar-refractivity contribution is 6.15. The van der Waals surface area contributed by atoms with Gasteiger partial charge in [0.1, 0.15) is 40.8 Å². The predicted molar refractivity (Wildman–Crippen MR) is 178 cm³/mol. The summed E-state index contributed by atoms with van der Waals surface area (Å²) in [7, 11) is 0. The first-order valence-corrected chi connectivity index (χ1v) is 16.5. The average molecular weight is 649 g/mol. The van der Waals surface area contributed by atoms with Crippen LogP contribution in [-0.2, 0) is 25.5 Å². The number of aldehydes is 1. The van der Waals surface area contributed by atoms with E-state index in [0.29, 0.717) is 48.1 Å². The van der Waals surface area contributed by atoms with Crippen molar-refractivity contribution >= 4 is 24.1 Å². The van der Waals surface area contributed by atoms with Gasteiger partial charge in [-0.05, 0) is 93.2 Å². The van der Waals surface area contributed by atoms with Gasteiger partial charge in [0.15, 0.2) is 5.78 Å². The maximum absolute atomic E-state index is 14.4. The van der Waals surface area contributed by atoms with Gasteiger partial charge in [-0.15, -0.1) is 0 Å². The third-order valence-electron chi connectivity index (χ3n) is 9.97. The Bertz CT molecular complexity index is 1590. The number of ether oxygens (including phenoxy) is 4. The number of aromatic hydroxyl groups is 1. The van der Waals surface area contributed by atoms with Crippen LogP contribution in [0.5, 0.6) is 17.2 Å². The van der Waals surface area contributed by atoms with Crippen LogP contribution in [0.25, 0.3) is 6.08 Å². The predicted octanol–water partition coefficient (Wildman–Crippen LogP) is 6.94. The van der Waals surface area contributed by atoms with Gasteiger partial charge in [-0.3, -0.25) is 4.79 Å². The summed E-state index contributed by atoms with van der Waals surface area (Å²) in [5.41, 5.74) is 1.10. The molecule has 3 aliphatic heterocycles. The van der Waals surface area contributed by atoms with E-state index in [9.17, 15) is 24.6 Å². The van der Waals surface area contributed by atoms with E-state index in [4.69, 9.17) is 18.9 Å². The maximum atomic E-state index is 14.4. The molecule has 4 aliphatic rings. The number of carbonyl (C=O) groups is 3. The monoisotopic (exact) mass is 648 g/mol. The summed E-state index contributed by atoms with van der Waals surface area (Å²) in [6.45, 7) is 15.7. The zero-order chi connectivity index (χ0) is 34.5. The van der Waals surface area contributed by atoms with Crippen LogP contribution in [0.4, 0.5) is 0 Å². The van der Waals surface area contributed by atoms with Crippen molar-refractivity contribution in [3.63, 3.8) is 0 Å². The molecule has 254 valence electrons. The molecular formula is C38H48O9. The summed E-state index contributed by atoms with van der Waals surface area (Å²) >= 11 is 0. The Morgan fingerprint density at radius 2 is 1.83 bits per heavy atom. The number of fused-ring (bicyclic) bond motifs is 3. The summed E-state index contributed by atoms with van der Waals surface area (Å²) in [5.74, 6) is -1.75. The molecule has 3 unspecified atom stereocenters. The van der Waals surface area contributed by atoms with E-state index < -0.39 is 35.1 Å². The number of epoxide rings is 1. The fourth-order valence-corrected chi connectivity index (χ4v) is 6.86. The molecule has 1 fully saturated rings. The zero-order valence-electron chi connectivity index (χ0n) is 28.8. The van der Waals surface area contributed by atoms with Gasteiger partial charge in [0.2, 0.25) is 0 Å². The van der Waals surface area contributed by atoms with Crippen molar-refractivity contribution < 1.29 is 43.5 Å². The van der Waals surface area contributed by atoms with Crippen molar-refractivity contribution in [1.29, 1.82) is 0 Å². The minimum Gasteiger partial charge on any atom is -0.506 e. The summed E-state index contributed by atoms with van der Waals surface area (Å²) in [5, 5.41) is 20.9. The van der Waals surface area contributed by atoms with Crippen molar-refractivity contribution in [2.24, 2.45) is 11.8 Å². The van der Waals surface area contributed by atoms with E-state index in [2.05, 4.69) is 19.9 Å². The molecule has 9 nitrogen and oxygen atoms in total. The van der Waals surface area contributed by atoms with Crippen LogP contribution in [0.15, 0.2) is 41.0 Å². The van der Waals surface area contributed by atoms with Gasteiger partial charge in [-0.1, -0.05) is 23.8 Å². The molecule has 1 saturated heterocycles. The number of carboxylic acids is 1. The van der Waals surface area contributed by atoms with E-state index >= 15 is 0 Å². The Balaban J connectivity index is 1.56. The van der Waals surface area contributed by atoms with E-state index in [1.807, 2.05) is 46.8 Å². The summed E-state index contributed by atoms with van der Waals surface area (Å²) in [6, 6.07) is 0. The largest absolute Gasteiger partial charge is 0.506 e. The van der Waals surface area contributed by atoms with Crippen molar-refractivity contribution in [2.45, 2.75) is 117 Å². The van der Waals surface area contributed by atoms with Crippen molar-refractivity contribution in [3.05, 3.63) is 57.7 Å². The van der Waals surface area contributed by atoms with Gasteiger partial charge >= 0.3 is 5.97 Å². The number of rotatable bonds is 12. The first-order chi connectivity index (χ1) is 22.0. The fourth-order valence-electron chi connectivity index (χ4n) is 6.86. The highest BCUT2D eigenvalue weighted by Crippen LogP contribution is 2.55. The molecule has 2 N–H and O–H groups in total. The number of hydrogen-bond acceptors (Lipinski definition) is 8. The second kappa shape index (κ2) is 12.7. The summed E-state index contributed by atoms with van der Waals surface area (Å²) in [4.78, 5) is 37.7. The molecule has 0 radical (unpaired) electrons. The smallest absolute Gasteiger partial charge is 0.330 e. The molecule has 9 heteroatoms. The van der Waals surface area contributed by atoms with Crippen LogP contribution in [0.1, 0.15) is 103 Å². The quantitative estimate of drug-likeness (QED) is 0.0813. The van der Waals surface area contributed by atoms with Gasteiger partial charge in [-0.25, -0.2) is 4.79 Å². The number of benzene rings is 1. The molecular weight excluding hydrogens is 600 g/mol. The lowest BCUT2D eigenvalue weighted by molar-refractivity contribution is -0.132. The number of phenolic OH excluding ortho intramolecular Hbond substituents is 1. The van der Waals surface area contributed by atoms with Crippen LogP contribution in [0.3, 0.4) is 0 Å². The minimum atomic E-state index is -0.984. The van der Waals surface area contributed by atoms with Gasteiger partial charge in [0, 0.05) is 35.0 Å². The van der Waals surface area contributed by atoms with Crippen LogP contribution < -0.4 is 9.47 Å². The number of aliphatic carboxylic acids is 1. The van der Waals surface area contributed by atoms with Gasteiger partial charge in [0.25, 0.3) is 0 Å². The Kier molecular flexibility index (Phi) is 9.38. The van der Waals surface area contributed by atoms with E-state index in [0.717, 1.165) is 12.7 Å². The topological polar surface area (TPSA) is 132 Å². The number of hydrogen-bond donors (Lipinski definition) is 2. The van der Waals surface area contributed by atoms with Gasteiger partial charge < -0.3 is 34.0 Å². The first kappa shape index (κ1) is 34.6. The maximum Gasteiger partial charge on any atom is 0.330 e. The molecule has 0 bridgehead atoms. The van der Waals surface area contributed by atoms with Crippen molar-refractivity contribution in [1.82, 2.24) is 0 Å². The SMILES string of the molecule is CC(C)=CCC[C@@]1(C)C=Cc2c(O)c3c(c(CC4OC4(C)C)c2O1)OC1C(=CC(C=O)C[C@@H]1C(C)(C)OCC/C=C(/C)C(=O)O)C3=O. The highest BCUT2D eigenvalue weighted by Gasteiger charge is 2.52. The Labute approximate surface area is 277 Å². The third-order valence-corrected chi connectivity index (χ3v) is 9.97. The average Bonchev–Trinajstić information content (AvgIpc) is 3.61. The standard InChI is InChI=1S/C38H48O9/c1-21(2)11-9-14-38(8)15-13-24-30(40)29-31(41)25-17-23(20-39)18-27(36(4,5)44-16-10-12-22(3)35(42)43)33(25)45-34(29)26(32(24)47-38)19-28-37(6,7)46-28/h11-13,15,17,20,23,27-28,33,40H,9-10,14,16,18-19H2,1-8H3,(H,42,43)/b22-12-/t23?,27-,28?,33?,38-/m0/s1. The number of Topliss-reactive ketones (excluding diaryl/α,β-unsaturated/α-hetero) is 1. The van der Waals surface area contributed by atoms with Gasteiger partial charge in [0.05, 0.1) is 29.5 Å². The first-order valence-electron chi connectivity index (χ1n) is 16.5. The van der Waals surface area contributed by atoms with Crippen molar-refractivity contribution in [3.8, 4) is 17.2 Å². The van der Waals surface area contributed by atoms with Crippen LogP contribution in [0.2, 0.25) is 0 Å². The summed E-state index contributed by atoms with van der Waals surface area (Å²) < 4.78 is 25.9. The Morgan fingerprint density at radius 3 is 2.45 bits per heavy atom. The second-order valence-corrected chi connectivity index (χ2v) is 14.8. The fraction of sp³-hybridized carbons (Fsp3) is 0.553. The van der Waals surface area contributed by atoms with E-state index in [1.54, 1.807) is 12.2 Å². The third kappa shape index (κ3) is 6.97. The normalized spacial score (nSPS) is 27.4. The molecule has 3 heterocycles. The molecule has 1 aromatic carbocycles. The lowest BCUT2D eigenvalue weighted by Crippen LogP contribution is -2.51. The van der Waals surface area contributed by atoms with E-state index in [-0.39, 0.29) is 46.7 Å². The van der Waals surface area contributed by atoms with Gasteiger partial charge in [-0.2, -0.15) is 0 Å². The van der Waals surface area contributed by atoms with Crippen LogP contribution >= 0.6 is 0 Å². The Morgan fingerprint density at radius 1 is 1.13 bits per heavy atom. The van der Waals surface area contributed by atoms with Crippen LogP contribution in [-0.4, -0.2) is 63.9 Å². The summed E-state index contributed by atoms with van der Waals surface area (Å²) in [6.07, 6.45) is 11.9. The lowest BCUT2D eigenvalue weighted by Gasteiger charge is -2.45. The molecule has 0 amide bonds. The molecule has 0 aromatic heterocycles. The minimum absolute atomic E-state index is 0.0689. The number of carboxylic acid groups (broad SMARTS) is 1. The molecule has 0 saturated carbocycles. The number of ketones is 1. The zero-order valence-corrected chi connectivity index (χ0v) is 28.8. The van der Waals surface area contributed by atoms with E-state index in [1.165, 1.54) is 12.5 Å². The van der Waals surface area contributed by atoms with Crippen molar-refractivity contribution in [2.75, 3.05) is 6.61 Å². The number of phenols is 1. The molecule has 5 rings (SSSR count). The molecule has 1 aromatic rings. The van der Waals surface area contributed by atoms with Crippen LogP contribution in [0, 0.1) is 11.8 Å². The highest BCUT2D eigenvalue weighted by atomic mass is 16.6. The number of carbonyl (C=O) groups excluding carboxylic acids is 2.